The number of rotatable bonds is 5. The first-order chi connectivity index (χ1) is 9.91. The van der Waals surface area contributed by atoms with Crippen molar-refractivity contribution in [1.29, 1.82) is 0 Å². The summed E-state index contributed by atoms with van der Waals surface area (Å²) in [6, 6.07) is 5.71. The van der Waals surface area contributed by atoms with Crippen LogP contribution >= 0.6 is 11.8 Å². The Morgan fingerprint density at radius 3 is 2.52 bits per heavy atom. The van der Waals surface area contributed by atoms with Crippen LogP contribution in [0.5, 0.6) is 5.75 Å². The molecule has 2 rings (SSSR count). The molecule has 1 aliphatic heterocycles. The summed E-state index contributed by atoms with van der Waals surface area (Å²) in [6.07, 6.45) is 0.447. The van der Waals surface area contributed by atoms with Gasteiger partial charge in [0.1, 0.15) is 11.3 Å². The van der Waals surface area contributed by atoms with E-state index in [-0.39, 0.29) is 6.61 Å². The van der Waals surface area contributed by atoms with Crippen molar-refractivity contribution in [3.8, 4) is 5.75 Å². The fourth-order valence-electron chi connectivity index (χ4n) is 2.35. The first-order valence-electron chi connectivity index (χ1n) is 6.74. The minimum atomic E-state index is -1.15. The fourth-order valence-corrected chi connectivity index (χ4v) is 3.68. The van der Waals surface area contributed by atoms with Gasteiger partial charge < -0.3 is 15.2 Å². The van der Waals surface area contributed by atoms with Crippen LogP contribution in [0, 0.1) is 13.8 Å². The third kappa shape index (κ3) is 3.91. The largest absolute Gasteiger partial charge is 0.484 e. The van der Waals surface area contributed by atoms with Gasteiger partial charge in [0.15, 0.2) is 6.61 Å². The SMILES string of the molecule is Cc1cc(C)cc(OCC(=O)NC2(C(=O)O)CCSC2)c1. The summed E-state index contributed by atoms with van der Waals surface area (Å²) in [6.45, 7) is 3.73. The average molecular weight is 309 g/mol. The Kier molecular flexibility index (Phi) is 4.77. The predicted molar refractivity (Wildman–Crippen MR) is 81.9 cm³/mol. The molecule has 1 atom stereocenters. The number of ether oxygens (including phenoxy) is 1. The Labute approximate surface area is 128 Å². The summed E-state index contributed by atoms with van der Waals surface area (Å²) >= 11 is 1.53. The third-order valence-corrected chi connectivity index (χ3v) is 4.56. The number of carbonyl (C=O) groups is 2. The van der Waals surface area contributed by atoms with Crippen molar-refractivity contribution in [3.05, 3.63) is 29.3 Å². The first kappa shape index (κ1) is 15.7. The van der Waals surface area contributed by atoms with Crippen LogP contribution in [-0.2, 0) is 9.59 Å². The van der Waals surface area contributed by atoms with Gasteiger partial charge in [-0.3, -0.25) is 4.79 Å². The topological polar surface area (TPSA) is 75.6 Å². The Balaban J connectivity index is 1.94. The maximum Gasteiger partial charge on any atom is 0.330 e. The molecule has 21 heavy (non-hydrogen) atoms. The van der Waals surface area contributed by atoms with Crippen LogP contribution in [0.4, 0.5) is 0 Å². The van der Waals surface area contributed by atoms with Crippen LogP contribution in [-0.4, -0.2) is 40.6 Å². The summed E-state index contributed by atoms with van der Waals surface area (Å²) in [4.78, 5) is 23.3. The molecule has 1 aliphatic rings. The van der Waals surface area contributed by atoms with Gasteiger partial charge in [-0.05, 0) is 49.3 Å². The number of nitrogens with one attached hydrogen (secondary N) is 1. The van der Waals surface area contributed by atoms with Crippen molar-refractivity contribution in [2.45, 2.75) is 25.8 Å². The van der Waals surface area contributed by atoms with E-state index in [9.17, 15) is 14.7 Å². The number of benzene rings is 1. The second kappa shape index (κ2) is 6.39. The summed E-state index contributed by atoms with van der Waals surface area (Å²) in [5, 5.41) is 11.9. The molecule has 1 aromatic rings. The number of carboxylic acid groups (broad SMARTS) is 1. The lowest BCUT2D eigenvalue weighted by molar-refractivity contribution is -0.146. The van der Waals surface area contributed by atoms with E-state index in [0.717, 1.165) is 16.9 Å². The molecular weight excluding hydrogens is 290 g/mol. The fraction of sp³-hybridized carbons (Fsp3) is 0.467. The number of aryl methyl sites for hydroxylation is 2. The normalized spacial score (nSPS) is 21.0. The minimum Gasteiger partial charge on any atom is -0.484 e. The van der Waals surface area contributed by atoms with Crippen LogP contribution in [0.1, 0.15) is 17.5 Å². The lowest BCUT2D eigenvalue weighted by Gasteiger charge is -2.24. The number of aliphatic carboxylic acids is 1. The maximum absolute atomic E-state index is 11.9. The summed E-state index contributed by atoms with van der Waals surface area (Å²) in [5.74, 6) is 0.376. The van der Waals surface area contributed by atoms with Crippen LogP contribution in [0.2, 0.25) is 0 Å². The highest BCUT2D eigenvalue weighted by Gasteiger charge is 2.43. The molecule has 1 saturated heterocycles. The van der Waals surface area contributed by atoms with Crippen LogP contribution in [0.25, 0.3) is 0 Å². The standard InChI is InChI=1S/C15H19NO4S/c1-10-5-11(2)7-12(6-10)20-8-13(17)16-15(14(18)19)3-4-21-9-15/h5-7H,3-4,8-9H2,1-2H3,(H,16,17)(H,18,19). The lowest BCUT2D eigenvalue weighted by atomic mass is 9.99. The molecule has 6 heteroatoms. The van der Waals surface area contributed by atoms with Gasteiger partial charge >= 0.3 is 5.97 Å². The van der Waals surface area contributed by atoms with E-state index in [4.69, 9.17) is 4.74 Å². The number of hydrogen-bond acceptors (Lipinski definition) is 4. The van der Waals surface area contributed by atoms with E-state index in [1.54, 1.807) is 0 Å². The highest BCUT2D eigenvalue weighted by molar-refractivity contribution is 7.99. The van der Waals surface area contributed by atoms with Crippen molar-refractivity contribution >= 4 is 23.6 Å². The van der Waals surface area contributed by atoms with E-state index in [0.29, 0.717) is 17.9 Å². The molecular formula is C15H19NO4S. The molecule has 1 amide bonds. The molecule has 1 aromatic carbocycles. The highest BCUT2D eigenvalue weighted by atomic mass is 32.2. The molecule has 1 heterocycles. The molecule has 0 aliphatic carbocycles. The zero-order valence-corrected chi connectivity index (χ0v) is 13.0. The van der Waals surface area contributed by atoms with Gasteiger partial charge in [0.2, 0.25) is 0 Å². The molecule has 5 nitrogen and oxygen atoms in total. The first-order valence-corrected chi connectivity index (χ1v) is 7.90. The van der Waals surface area contributed by atoms with Gasteiger partial charge in [-0.1, -0.05) is 6.07 Å². The number of carbonyl (C=O) groups excluding carboxylic acids is 1. The van der Waals surface area contributed by atoms with Crippen LogP contribution in [0.3, 0.4) is 0 Å². The summed E-state index contributed by atoms with van der Waals surface area (Å²) < 4.78 is 5.45. The Morgan fingerprint density at radius 1 is 1.33 bits per heavy atom. The number of amides is 1. The third-order valence-electron chi connectivity index (χ3n) is 3.37. The van der Waals surface area contributed by atoms with E-state index >= 15 is 0 Å². The zero-order chi connectivity index (χ0) is 15.5. The molecule has 0 saturated carbocycles. The predicted octanol–water partition coefficient (Wildman–Crippen LogP) is 1.76. The van der Waals surface area contributed by atoms with E-state index < -0.39 is 17.4 Å². The maximum atomic E-state index is 11.9. The van der Waals surface area contributed by atoms with Gasteiger partial charge in [0.05, 0.1) is 0 Å². The highest BCUT2D eigenvalue weighted by Crippen LogP contribution is 2.28. The molecule has 0 bridgehead atoms. The Morgan fingerprint density at radius 2 is 2.00 bits per heavy atom. The molecule has 0 spiro atoms. The quantitative estimate of drug-likeness (QED) is 0.867. The van der Waals surface area contributed by atoms with E-state index in [2.05, 4.69) is 5.32 Å². The molecule has 0 radical (unpaired) electrons. The Hall–Kier alpha value is -1.69. The van der Waals surface area contributed by atoms with E-state index in [1.165, 1.54) is 11.8 Å². The average Bonchev–Trinajstić information content (AvgIpc) is 2.85. The number of hydrogen-bond donors (Lipinski definition) is 2. The number of thioether (sulfide) groups is 1. The minimum absolute atomic E-state index is 0.178. The van der Waals surface area contributed by atoms with Crippen LogP contribution < -0.4 is 10.1 Å². The van der Waals surface area contributed by atoms with E-state index in [1.807, 2.05) is 32.0 Å². The van der Waals surface area contributed by atoms with Gasteiger partial charge in [0.25, 0.3) is 5.91 Å². The van der Waals surface area contributed by atoms with Crippen molar-refractivity contribution in [2.75, 3.05) is 18.1 Å². The molecule has 114 valence electrons. The number of carboxylic acids is 1. The monoisotopic (exact) mass is 309 g/mol. The smallest absolute Gasteiger partial charge is 0.330 e. The zero-order valence-electron chi connectivity index (χ0n) is 12.1. The van der Waals surface area contributed by atoms with Crippen molar-refractivity contribution in [3.63, 3.8) is 0 Å². The second-order valence-electron chi connectivity index (χ2n) is 5.35. The molecule has 1 unspecified atom stereocenters. The summed E-state index contributed by atoms with van der Waals surface area (Å²) in [5.41, 5.74) is 0.965. The Bertz CT molecular complexity index is 532. The van der Waals surface area contributed by atoms with Gasteiger partial charge in [0, 0.05) is 5.75 Å². The van der Waals surface area contributed by atoms with Crippen molar-refractivity contribution < 1.29 is 19.4 Å². The van der Waals surface area contributed by atoms with Gasteiger partial charge in [-0.15, -0.1) is 0 Å². The molecule has 1 fully saturated rings. The van der Waals surface area contributed by atoms with Crippen LogP contribution in [0.15, 0.2) is 18.2 Å². The van der Waals surface area contributed by atoms with Crippen molar-refractivity contribution in [2.24, 2.45) is 0 Å². The van der Waals surface area contributed by atoms with Gasteiger partial charge in [-0.25, -0.2) is 4.79 Å². The lowest BCUT2D eigenvalue weighted by Crippen LogP contribution is -2.55. The molecule has 2 N–H and O–H groups in total. The second-order valence-corrected chi connectivity index (χ2v) is 6.46. The molecule has 0 aromatic heterocycles. The summed E-state index contributed by atoms with van der Waals surface area (Å²) in [7, 11) is 0. The van der Waals surface area contributed by atoms with Crippen molar-refractivity contribution in [1.82, 2.24) is 5.32 Å². The van der Waals surface area contributed by atoms with Gasteiger partial charge in [-0.2, -0.15) is 11.8 Å².